The molecule has 0 saturated carbocycles. The van der Waals surface area contributed by atoms with Crippen LogP contribution in [0.1, 0.15) is 47.4 Å². The molecule has 1 aliphatic heterocycles. The van der Waals surface area contributed by atoms with Crippen LogP contribution in [0.3, 0.4) is 0 Å². The molecule has 0 radical (unpaired) electrons. The molecule has 0 atom stereocenters. The van der Waals surface area contributed by atoms with Gasteiger partial charge in [-0.3, -0.25) is 4.79 Å². The van der Waals surface area contributed by atoms with Crippen LogP contribution in [0.15, 0.2) is 4.90 Å². The van der Waals surface area contributed by atoms with Crippen molar-refractivity contribution in [2.24, 2.45) is 7.05 Å². The number of amides is 1. The van der Waals surface area contributed by atoms with Gasteiger partial charge in [-0.25, -0.2) is 13.1 Å². The van der Waals surface area contributed by atoms with Crippen molar-refractivity contribution in [1.82, 2.24) is 14.2 Å². The lowest BCUT2D eigenvalue weighted by molar-refractivity contribution is 0.0757. The van der Waals surface area contributed by atoms with Gasteiger partial charge in [0.05, 0.1) is 12.2 Å². The molecule has 0 aliphatic carbocycles. The van der Waals surface area contributed by atoms with Crippen LogP contribution in [0.2, 0.25) is 0 Å². The van der Waals surface area contributed by atoms with E-state index >= 15 is 0 Å². The summed E-state index contributed by atoms with van der Waals surface area (Å²) in [5.41, 5.74) is 1.55. The second-order valence-electron chi connectivity index (χ2n) is 6.53. The zero-order valence-corrected chi connectivity index (χ0v) is 16.4. The van der Waals surface area contributed by atoms with Crippen LogP contribution in [-0.4, -0.2) is 57.1 Å². The van der Waals surface area contributed by atoms with Crippen molar-refractivity contribution in [2.75, 3.05) is 33.4 Å². The maximum absolute atomic E-state index is 13.1. The summed E-state index contributed by atoms with van der Waals surface area (Å²) in [7, 11) is -0.483. The SMILES string of the molecule is COCCNS(=O)(=O)c1c(C(=O)N2CCCCCC2)c(C)n(C)c1C. The van der Waals surface area contributed by atoms with Crippen molar-refractivity contribution >= 4 is 15.9 Å². The Morgan fingerprint density at radius 2 is 1.72 bits per heavy atom. The highest BCUT2D eigenvalue weighted by Gasteiger charge is 2.32. The Hall–Kier alpha value is -1.38. The summed E-state index contributed by atoms with van der Waals surface area (Å²) in [5, 5.41) is 0. The van der Waals surface area contributed by atoms with Crippen molar-refractivity contribution in [3.8, 4) is 0 Å². The fourth-order valence-corrected chi connectivity index (χ4v) is 4.81. The Bertz CT molecular complexity index is 717. The maximum Gasteiger partial charge on any atom is 0.257 e. The molecule has 1 aromatic heterocycles. The van der Waals surface area contributed by atoms with E-state index in [4.69, 9.17) is 4.74 Å². The largest absolute Gasteiger partial charge is 0.383 e. The van der Waals surface area contributed by atoms with Gasteiger partial charge >= 0.3 is 0 Å². The molecule has 1 aromatic rings. The van der Waals surface area contributed by atoms with Gasteiger partial charge in [-0.1, -0.05) is 12.8 Å². The third-order valence-electron chi connectivity index (χ3n) is 4.90. The van der Waals surface area contributed by atoms with Gasteiger partial charge in [0.25, 0.3) is 5.91 Å². The Kier molecular flexibility index (Phi) is 6.65. The minimum Gasteiger partial charge on any atom is -0.383 e. The highest BCUT2D eigenvalue weighted by atomic mass is 32.2. The molecule has 7 nitrogen and oxygen atoms in total. The normalized spacial score (nSPS) is 16.1. The summed E-state index contributed by atoms with van der Waals surface area (Å²) < 4.78 is 34.9. The minimum atomic E-state index is -3.79. The van der Waals surface area contributed by atoms with Crippen molar-refractivity contribution in [1.29, 1.82) is 0 Å². The smallest absolute Gasteiger partial charge is 0.257 e. The van der Waals surface area contributed by atoms with Gasteiger partial charge in [-0.2, -0.15) is 0 Å². The van der Waals surface area contributed by atoms with E-state index in [0.717, 1.165) is 25.7 Å². The fraction of sp³-hybridized carbons (Fsp3) is 0.706. The standard InChI is InChI=1S/C17H29N3O4S/c1-13-15(17(21)20-10-7-5-6-8-11-20)16(14(2)19(13)3)25(22,23)18-9-12-24-4/h18H,5-12H2,1-4H3. The molecule has 2 heterocycles. The summed E-state index contributed by atoms with van der Waals surface area (Å²) in [6, 6.07) is 0. The van der Waals surface area contributed by atoms with Gasteiger partial charge in [-0.15, -0.1) is 0 Å². The van der Waals surface area contributed by atoms with Crippen LogP contribution in [0.4, 0.5) is 0 Å². The quantitative estimate of drug-likeness (QED) is 0.770. The maximum atomic E-state index is 13.1. The van der Waals surface area contributed by atoms with E-state index in [2.05, 4.69) is 4.72 Å². The van der Waals surface area contributed by atoms with Crippen molar-refractivity contribution < 1.29 is 17.9 Å². The molecule has 1 saturated heterocycles. The van der Waals surface area contributed by atoms with Gasteiger partial charge in [0.1, 0.15) is 4.90 Å². The Morgan fingerprint density at radius 3 is 2.28 bits per heavy atom. The molecule has 8 heteroatoms. The number of carbonyl (C=O) groups excluding carboxylic acids is 1. The summed E-state index contributed by atoms with van der Waals surface area (Å²) in [5.74, 6) is -0.185. The summed E-state index contributed by atoms with van der Waals surface area (Å²) in [6.45, 7) is 5.35. The molecule has 1 N–H and O–H groups in total. The van der Waals surface area contributed by atoms with E-state index in [-0.39, 0.29) is 24.0 Å². The van der Waals surface area contributed by atoms with Crippen molar-refractivity contribution in [3.63, 3.8) is 0 Å². The van der Waals surface area contributed by atoms with E-state index < -0.39 is 10.0 Å². The second kappa shape index (κ2) is 8.33. The molecule has 1 amide bonds. The number of aromatic nitrogens is 1. The third kappa shape index (κ3) is 4.24. The number of nitrogens with one attached hydrogen (secondary N) is 1. The van der Waals surface area contributed by atoms with Gasteiger partial charge in [0.15, 0.2) is 0 Å². The average Bonchev–Trinajstić information content (AvgIpc) is 2.78. The minimum absolute atomic E-state index is 0.0952. The third-order valence-corrected chi connectivity index (χ3v) is 6.52. The Morgan fingerprint density at radius 1 is 1.12 bits per heavy atom. The molecule has 0 unspecified atom stereocenters. The van der Waals surface area contributed by atoms with E-state index in [1.807, 2.05) is 0 Å². The zero-order valence-electron chi connectivity index (χ0n) is 15.6. The fourth-order valence-electron chi connectivity index (χ4n) is 3.28. The van der Waals surface area contributed by atoms with Gasteiger partial charge in [-0.05, 0) is 26.7 Å². The van der Waals surface area contributed by atoms with Crippen molar-refractivity contribution in [3.05, 3.63) is 17.0 Å². The van der Waals surface area contributed by atoms with Gasteiger partial charge in [0.2, 0.25) is 10.0 Å². The number of hydrogen-bond acceptors (Lipinski definition) is 4. The highest BCUT2D eigenvalue weighted by molar-refractivity contribution is 7.89. The average molecular weight is 372 g/mol. The number of rotatable bonds is 6. The lowest BCUT2D eigenvalue weighted by Gasteiger charge is -2.21. The first-order chi connectivity index (χ1) is 11.8. The lowest BCUT2D eigenvalue weighted by Crippen LogP contribution is -2.34. The van der Waals surface area contributed by atoms with E-state index in [1.54, 1.807) is 30.4 Å². The number of nitrogens with zero attached hydrogens (tertiary/aromatic N) is 2. The zero-order chi connectivity index (χ0) is 18.6. The number of likely N-dealkylation sites (tertiary alicyclic amines) is 1. The molecular weight excluding hydrogens is 342 g/mol. The predicted molar refractivity (Wildman–Crippen MR) is 96.3 cm³/mol. The first-order valence-corrected chi connectivity index (χ1v) is 10.2. The second-order valence-corrected chi connectivity index (χ2v) is 8.23. The van der Waals surface area contributed by atoms with Crippen LogP contribution in [0, 0.1) is 13.8 Å². The monoisotopic (exact) mass is 371 g/mol. The molecule has 0 bridgehead atoms. The van der Waals surface area contributed by atoms with Crippen LogP contribution in [0.5, 0.6) is 0 Å². The molecular formula is C17H29N3O4S. The number of hydrogen-bond donors (Lipinski definition) is 1. The van der Waals surface area contributed by atoms with Gasteiger partial charge < -0.3 is 14.2 Å². The lowest BCUT2D eigenvalue weighted by atomic mass is 10.2. The Balaban J connectivity index is 2.43. The number of sulfonamides is 1. The number of carbonyl (C=O) groups is 1. The predicted octanol–water partition coefficient (Wildman–Crippen LogP) is 1.58. The summed E-state index contributed by atoms with van der Waals surface area (Å²) in [4.78, 5) is 15.0. The number of methoxy groups -OCH3 is 1. The molecule has 0 spiro atoms. The number of ether oxygens (including phenoxy) is 1. The molecule has 25 heavy (non-hydrogen) atoms. The topological polar surface area (TPSA) is 80.6 Å². The van der Waals surface area contributed by atoms with Gasteiger partial charge in [0, 0.05) is 45.2 Å². The Labute approximate surface area is 150 Å². The van der Waals surface area contributed by atoms with Crippen LogP contribution < -0.4 is 4.72 Å². The molecule has 2 rings (SSSR count). The molecule has 1 aliphatic rings. The van der Waals surface area contributed by atoms with E-state index in [0.29, 0.717) is 30.0 Å². The summed E-state index contributed by atoms with van der Waals surface area (Å²) in [6.07, 6.45) is 4.15. The molecule has 142 valence electrons. The molecule has 1 fully saturated rings. The van der Waals surface area contributed by atoms with Crippen molar-refractivity contribution in [2.45, 2.75) is 44.4 Å². The van der Waals surface area contributed by atoms with E-state index in [9.17, 15) is 13.2 Å². The van der Waals surface area contributed by atoms with Crippen LogP contribution in [-0.2, 0) is 21.8 Å². The molecule has 0 aromatic carbocycles. The van der Waals surface area contributed by atoms with Crippen LogP contribution in [0.25, 0.3) is 0 Å². The highest BCUT2D eigenvalue weighted by Crippen LogP contribution is 2.28. The first-order valence-electron chi connectivity index (χ1n) is 8.75. The van der Waals surface area contributed by atoms with Crippen LogP contribution >= 0.6 is 0 Å². The first kappa shape index (κ1) is 19.9. The summed E-state index contributed by atoms with van der Waals surface area (Å²) >= 11 is 0. The van der Waals surface area contributed by atoms with E-state index in [1.165, 1.54) is 7.11 Å².